The Labute approximate surface area is 268 Å². The number of halogens is 2. The van der Waals surface area contributed by atoms with Crippen LogP contribution >= 0.6 is 0 Å². The van der Waals surface area contributed by atoms with Gasteiger partial charge >= 0.3 is 6.01 Å². The van der Waals surface area contributed by atoms with Crippen molar-refractivity contribution in [1.82, 2.24) is 25.2 Å². The molecule has 3 unspecified atom stereocenters. The molecule has 46 heavy (non-hydrogen) atoms. The molecule has 3 atom stereocenters. The Morgan fingerprint density at radius 3 is 2.65 bits per heavy atom. The molecule has 4 aromatic rings. The quantitative estimate of drug-likeness (QED) is 0.269. The van der Waals surface area contributed by atoms with Crippen molar-refractivity contribution in [2.45, 2.75) is 58.9 Å². The zero-order chi connectivity index (χ0) is 31.7. The molecule has 2 saturated carbocycles. The van der Waals surface area contributed by atoms with E-state index in [4.69, 9.17) is 19.7 Å². The van der Waals surface area contributed by atoms with Crippen molar-refractivity contribution in [2.24, 2.45) is 17.3 Å². The van der Waals surface area contributed by atoms with E-state index in [1.54, 1.807) is 19.1 Å². The highest BCUT2D eigenvalue weighted by atomic mass is 19.1. The van der Waals surface area contributed by atoms with Crippen molar-refractivity contribution in [2.75, 3.05) is 50.8 Å². The third-order valence-electron chi connectivity index (χ3n) is 10.8. The number of nitrogens with zero attached hydrogens (tertiary/aromatic N) is 5. The Hall–Kier alpha value is -3.63. The van der Waals surface area contributed by atoms with E-state index in [-0.39, 0.29) is 34.4 Å². The van der Waals surface area contributed by atoms with Crippen LogP contribution in [-0.2, 0) is 6.42 Å². The van der Waals surface area contributed by atoms with E-state index in [9.17, 15) is 9.50 Å². The first-order valence-corrected chi connectivity index (χ1v) is 17.0. The number of piperazine rings is 1. The molecule has 0 radical (unpaired) electrons. The molecule has 0 amide bonds. The summed E-state index contributed by atoms with van der Waals surface area (Å²) in [7, 11) is 0. The second-order valence-corrected chi connectivity index (χ2v) is 13.9. The van der Waals surface area contributed by atoms with E-state index < -0.39 is 11.6 Å². The van der Waals surface area contributed by atoms with Gasteiger partial charge in [-0.1, -0.05) is 19.9 Å². The Bertz CT molecular complexity index is 1840. The lowest BCUT2D eigenvalue weighted by atomic mass is 9.95. The van der Waals surface area contributed by atoms with Gasteiger partial charge < -0.3 is 25.0 Å². The third kappa shape index (κ3) is 5.04. The highest BCUT2D eigenvalue weighted by molar-refractivity contribution is 6.02. The van der Waals surface area contributed by atoms with Crippen molar-refractivity contribution >= 4 is 27.5 Å². The lowest BCUT2D eigenvalue weighted by molar-refractivity contribution is 0.163. The molecule has 0 spiro atoms. The van der Waals surface area contributed by atoms with Crippen LogP contribution in [0.5, 0.6) is 11.8 Å². The number of rotatable bonds is 6. The predicted octanol–water partition coefficient (Wildman–Crippen LogP) is 6.00. The largest absolute Gasteiger partial charge is 0.508 e. The molecule has 4 fully saturated rings. The van der Waals surface area contributed by atoms with E-state index in [0.717, 1.165) is 57.3 Å². The van der Waals surface area contributed by atoms with Crippen LogP contribution in [-0.4, -0.2) is 76.9 Å². The zero-order valence-electron chi connectivity index (χ0n) is 26.9. The van der Waals surface area contributed by atoms with Crippen molar-refractivity contribution in [1.29, 1.82) is 0 Å². The minimum atomic E-state index is -0.612. The van der Waals surface area contributed by atoms with Crippen molar-refractivity contribution in [3.63, 3.8) is 0 Å². The van der Waals surface area contributed by atoms with Crippen LogP contribution in [0.3, 0.4) is 0 Å². The summed E-state index contributed by atoms with van der Waals surface area (Å²) in [4.78, 5) is 19.4. The van der Waals surface area contributed by atoms with Gasteiger partial charge in [0.15, 0.2) is 5.82 Å². The van der Waals surface area contributed by atoms with Crippen LogP contribution in [0, 0.1) is 35.8 Å². The molecule has 2 saturated heterocycles. The molecular formula is C36H42F2N6O2. The number of anilines is 1. The lowest BCUT2D eigenvalue weighted by Crippen LogP contribution is -2.51. The number of piperidine rings is 1. The van der Waals surface area contributed by atoms with E-state index in [1.165, 1.54) is 31.6 Å². The number of aromatic nitrogens is 3. The summed E-state index contributed by atoms with van der Waals surface area (Å²) in [5, 5.41) is 15.9. The first-order valence-electron chi connectivity index (χ1n) is 17.0. The van der Waals surface area contributed by atoms with Gasteiger partial charge in [-0.05, 0) is 85.4 Å². The van der Waals surface area contributed by atoms with Crippen LogP contribution in [0.15, 0.2) is 24.3 Å². The maximum atomic E-state index is 16.9. The van der Waals surface area contributed by atoms with Gasteiger partial charge in [0.1, 0.15) is 28.6 Å². The Morgan fingerprint density at radius 1 is 1.07 bits per heavy atom. The van der Waals surface area contributed by atoms with E-state index in [2.05, 4.69) is 15.1 Å². The summed E-state index contributed by atoms with van der Waals surface area (Å²) in [5.74, 6) is 1.42. The average molecular weight is 629 g/mol. The van der Waals surface area contributed by atoms with Crippen LogP contribution < -0.4 is 15.0 Å². The number of nitrogens with one attached hydrogen (secondary N) is 1. The number of phenols is 1. The van der Waals surface area contributed by atoms with E-state index in [0.29, 0.717) is 51.8 Å². The smallest absolute Gasteiger partial charge is 0.319 e. The molecule has 5 heterocycles. The number of likely N-dealkylation sites (tertiary alicyclic amines) is 1. The molecule has 9 rings (SSSR count). The zero-order valence-corrected chi connectivity index (χ0v) is 26.9. The van der Waals surface area contributed by atoms with E-state index in [1.807, 2.05) is 13.8 Å². The number of fused-ring (bicyclic) bond motifs is 4. The molecule has 10 heteroatoms. The minimum absolute atomic E-state index is 0.0358. The van der Waals surface area contributed by atoms with Gasteiger partial charge in [-0.2, -0.15) is 9.97 Å². The van der Waals surface area contributed by atoms with Gasteiger partial charge in [-0.3, -0.25) is 0 Å². The number of hydrogen-bond acceptors (Lipinski definition) is 8. The van der Waals surface area contributed by atoms with Crippen molar-refractivity contribution < 1.29 is 18.6 Å². The van der Waals surface area contributed by atoms with Gasteiger partial charge in [0, 0.05) is 56.3 Å². The maximum Gasteiger partial charge on any atom is 0.319 e. The number of phenolic OH excluding ortho intramolecular Hbond substituents is 1. The maximum absolute atomic E-state index is 16.9. The molecule has 8 nitrogen and oxygen atoms in total. The monoisotopic (exact) mass is 628 g/mol. The second-order valence-electron chi connectivity index (χ2n) is 13.9. The molecule has 0 bridgehead atoms. The molecule has 2 aromatic heterocycles. The summed E-state index contributed by atoms with van der Waals surface area (Å²) in [6, 6.07) is 6.38. The number of aromatic hydroxyl groups is 1. The summed E-state index contributed by atoms with van der Waals surface area (Å²) < 4.78 is 38.0. The SMILES string of the molecule is CC.Cc1c(F)ccc2cc(O)cc(-c3nc4c5c(nc(OCC6(CN7CC8CC8C7)CC6)nc5c3F)N3CCNCC3CC4)c12. The first kappa shape index (κ1) is 29.8. The van der Waals surface area contributed by atoms with Crippen LogP contribution in [0.2, 0.25) is 0 Å². The van der Waals surface area contributed by atoms with Crippen LogP contribution in [0.25, 0.3) is 32.9 Å². The Kier molecular flexibility index (Phi) is 7.28. The number of hydrogen-bond donors (Lipinski definition) is 2. The molecule has 3 aliphatic heterocycles. The molecule has 2 aromatic carbocycles. The molecule has 2 N–H and O–H groups in total. The highest BCUT2D eigenvalue weighted by Gasteiger charge is 2.51. The third-order valence-corrected chi connectivity index (χ3v) is 10.8. The molecule has 242 valence electrons. The topological polar surface area (TPSA) is 86.6 Å². The second kappa shape index (κ2) is 11.3. The standard InChI is InChI=1S/C34H36F2N6O2.C2H6/c1-18-25(35)4-2-19-11-23(43)12-24(27(18)19)30-29(36)31-28-26(38-30)5-3-22-13-37-8-9-42(22)32(28)40-33(39-31)44-17-34(6-7-34)16-41-14-20-10-21(20)15-41;1-2/h2,4,11-12,20-22,37,43H,3,5-10,13-17H2,1H3;1-2H3. The predicted molar refractivity (Wildman–Crippen MR) is 175 cm³/mol. The summed E-state index contributed by atoms with van der Waals surface area (Å²) in [6.07, 6.45) is 5.06. The summed E-state index contributed by atoms with van der Waals surface area (Å²) >= 11 is 0. The summed E-state index contributed by atoms with van der Waals surface area (Å²) in [5.41, 5.74) is 1.77. The van der Waals surface area contributed by atoms with Gasteiger partial charge in [0.2, 0.25) is 0 Å². The van der Waals surface area contributed by atoms with E-state index >= 15 is 4.39 Å². The fourth-order valence-electron chi connectivity index (χ4n) is 8.07. The lowest BCUT2D eigenvalue weighted by Gasteiger charge is -2.36. The Balaban J connectivity index is 0.00000153. The number of benzene rings is 2. The minimum Gasteiger partial charge on any atom is -0.508 e. The molecule has 2 aliphatic carbocycles. The van der Waals surface area contributed by atoms with Gasteiger partial charge in [-0.25, -0.2) is 13.8 Å². The van der Waals surface area contributed by atoms with Crippen LogP contribution in [0.4, 0.5) is 14.6 Å². The molecule has 5 aliphatic rings. The number of pyridine rings is 1. The number of aryl methyl sites for hydroxylation is 2. The van der Waals surface area contributed by atoms with Crippen molar-refractivity contribution in [3.05, 3.63) is 47.2 Å². The first-order chi connectivity index (χ1) is 22.4. The van der Waals surface area contributed by atoms with Gasteiger partial charge in [0.25, 0.3) is 0 Å². The summed E-state index contributed by atoms with van der Waals surface area (Å²) in [6.45, 7) is 12.0. The average Bonchev–Trinajstić information content (AvgIpc) is 3.98. The highest BCUT2D eigenvalue weighted by Crippen LogP contribution is 2.51. The Morgan fingerprint density at radius 2 is 1.87 bits per heavy atom. The fourth-order valence-corrected chi connectivity index (χ4v) is 8.07. The van der Waals surface area contributed by atoms with Gasteiger partial charge in [-0.15, -0.1) is 0 Å². The normalized spacial score (nSPS) is 24.2. The van der Waals surface area contributed by atoms with Crippen molar-refractivity contribution in [3.8, 4) is 23.0 Å². The fraction of sp³-hybridized carbons (Fsp3) is 0.528. The number of ether oxygens (including phenoxy) is 1. The van der Waals surface area contributed by atoms with Gasteiger partial charge in [0.05, 0.1) is 17.7 Å². The molecular weight excluding hydrogens is 586 g/mol. The van der Waals surface area contributed by atoms with Crippen LogP contribution in [0.1, 0.15) is 50.8 Å².